The molecule has 1 saturated heterocycles. The van der Waals surface area contributed by atoms with Gasteiger partial charge in [0, 0.05) is 13.1 Å². The van der Waals surface area contributed by atoms with Crippen LogP contribution in [0.2, 0.25) is 0 Å². The minimum absolute atomic E-state index is 0.322. The quantitative estimate of drug-likeness (QED) is 0.687. The minimum atomic E-state index is -0.322. The standard InChI is InChI=1S/C10H19NO/c1-2-11-6-5-10(12,8-11)7-9-3-4-9/h9,12H,2-8H2,1H3. The van der Waals surface area contributed by atoms with Crippen molar-refractivity contribution in [1.82, 2.24) is 4.90 Å². The van der Waals surface area contributed by atoms with E-state index in [-0.39, 0.29) is 5.60 Å². The molecule has 1 N–H and O–H groups in total. The van der Waals surface area contributed by atoms with Crippen molar-refractivity contribution in [2.75, 3.05) is 19.6 Å². The second-order valence-corrected chi connectivity index (χ2v) is 4.49. The van der Waals surface area contributed by atoms with Gasteiger partial charge in [-0.15, -0.1) is 0 Å². The first-order valence-electron chi connectivity index (χ1n) is 5.16. The smallest absolute Gasteiger partial charge is 0.0788 e. The van der Waals surface area contributed by atoms with Crippen LogP contribution in [0.4, 0.5) is 0 Å². The van der Waals surface area contributed by atoms with E-state index in [4.69, 9.17) is 0 Å². The highest BCUT2D eigenvalue weighted by molar-refractivity contribution is 4.93. The monoisotopic (exact) mass is 169 g/mol. The molecule has 1 aliphatic carbocycles. The van der Waals surface area contributed by atoms with Gasteiger partial charge in [0.25, 0.3) is 0 Å². The number of aliphatic hydroxyl groups is 1. The average Bonchev–Trinajstić information content (AvgIpc) is 2.74. The summed E-state index contributed by atoms with van der Waals surface area (Å²) in [7, 11) is 0. The van der Waals surface area contributed by atoms with Crippen molar-refractivity contribution >= 4 is 0 Å². The first-order valence-corrected chi connectivity index (χ1v) is 5.16. The average molecular weight is 169 g/mol. The number of hydrogen-bond donors (Lipinski definition) is 1. The van der Waals surface area contributed by atoms with Crippen LogP contribution in [-0.2, 0) is 0 Å². The molecule has 0 radical (unpaired) electrons. The van der Waals surface area contributed by atoms with Crippen LogP contribution in [0, 0.1) is 5.92 Å². The van der Waals surface area contributed by atoms with Crippen LogP contribution in [0.25, 0.3) is 0 Å². The normalized spacial score (nSPS) is 37.5. The molecule has 0 aromatic heterocycles. The zero-order valence-electron chi connectivity index (χ0n) is 7.92. The molecule has 1 aliphatic heterocycles. The molecule has 1 atom stereocenters. The Morgan fingerprint density at radius 3 is 2.75 bits per heavy atom. The Bertz CT molecular complexity index is 167. The van der Waals surface area contributed by atoms with Gasteiger partial charge in [0.1, 0.15) is 0 Å². The molecular weight excluding hydrogens is 150 g/mol. The summed E-state index contributed by atoms with van der Waals surface area (Å²) in [6.07, 6.45) is 4.77. The van der Waals surface area contributed by atoms with Gasteiger partial charge in [-0.05, 0) is 25.3 Å². The summed E-state index contributed by atoms with van der Waals surface area (Å²) in [6, 6.07) is 0. The topological polar surface area (TPSA) is 23.5 Å². The summed E-state index contributed by atoms with van der Waals surface area (Å²) < 4.78 is 0. The van der Waals surface area contributed by atoms with E-state index in [1.807, 2.05) is 0 Å². The number of hydrogen-bond acceptors (Lipinski definition) is 2. The molecule has 1 saturated carbocycles. The van der Waals surface area contributed by atoms with Crippen molar-refractivity contribution in [2.24, 2.45) is 5.92 Å². The van der Waals surface area contributed by atoms with Crippen LogP contribution in [0.1, 0.15) is 32.6 Å². The summed E-state index contributed by atoms with van der Waals surface area (Å²) in [6.45, 7) is 5.27. The third-order valence-electron chi connectivity index (χ3n) is 3.22. The van der Waals surface area contributed by atoms with Crippen molar-refractivity contribution in [3.05, 3.63) is 0 Å². The first kappa shape index (κ1) is 8.52. The fourth-order valence-corrected chi connectivity index (χ4v) is 2.24. The van der Waals surface area contributed by atoms with Crippen LogP contribution in [0.15, 0.2) is 0 Å². The summed E-state index contributed by atoms with van der Waals surface area (Å²) in [4.78, 5) is 2.35. The minimum Gasteiger partial charge on any atom is -0.388 e. The van der Waals surface area contributed by atoms with Crippen molar-refractivity contribution in [3.8, 4) is 0 Å². The maximum atomic E-state index is 10.2. The van der Waals surface area contributed by atoms with Crippen molar-refractivity contribution < 1.29 is 5.11 Å². The molecule has 0 bridgehead atoms. The molecule has 12 heavy (non-hydrogen) atoms. The molecule has 0 amide bonds. The molecular formula is C10H19NO. The highest BCUT2D eigenvalue weighted by Crippen LogP contribution is 2.39. The highest BCUT2D eigenvalue weighted by Gasteiger charge is 2.39. The molecule has 0 aromatic carbocycles. The van der Waals surface area contributed by atoms with Crippen molar-refractivity contribution in [3.63, 3.8) is 0 Å². The van der Waals surface area contributed by atoms with Crippen molar-refractivity contribution in [1.29, 1.82) is 0 Å². The van der Waals surface area contributed by atoms with Gasteiger partial charge in [0.05, 0.1) is 5.60 Å². The predicted molar refractivity (Wildman–Crippen MR) is 49.0 cm³/mol. The molecule has 70 valence electrons. The fourth-order valence-electron chi connectivity index (χ4n) is 2.24. The SMILES string of the molecule is CCN1CCC(O)(CC2CC2)C1. The van der Waals surface area contributed by atoms with Gasteiger partial charge in [0.2, 0.25) is 0 Å². The molecule has 0 aromatic rings. The van der Waals surface area contributed by atoms with Gasteiger partial charge < -0.3 is 10.0 Å². The van der Waals surface area contributed by atoms with Crippen LogP contribution >= 0.6 is 0 Å². The third-order valence-corrected chi connectivity index (χ3v) is 3.22. The molecule has 1 heterocycles. The molecule has 2 aliphatic rings. The lowest BCUT2D eigenvalue weighted by molar-refractivity contribution is 0.0357. The van der Waals surface area contributed by atoms with Gasteiger partial charge >= 0.3 is 0 Å². The number of β-amino-alcohol motifs (C(OH)–C–C–N with tert-alkyl or cyclic N) is 1. The molecule has 1 unspecified atom stereocenters. The molecule has 2 fully saturated rings. The van der Waals surface area contributed by atoms with E-state index >= 15 is 0 Å². The van der Waals surface area contributed by atoms with E-state index in [1.54, 1.807) is 0 Å². The molecule has 2 heteroatoms. The van der Waals surface area contributed by atoms with Crippen LogP contribution in [-0.4, -0.2) is 35.2 Å². The lowest BCUT2D eigenvalue weighted by atomic mass is 9.96. The second-order valence-electron chi connectivity index (χ2n) is 4.49. The third kappa shape index (κ3) is 1.80. The van der Waals surface area contributed by atoms with Gasteiger partial charge in [-0.3, -0.25) is 0 Å². The second kappa shape index (κ2) is 3.00. The van der Waals surface area contributed by atoms with Gasteiger partial charge in [-0.25, -0.2) is 0 Å². The maximum Gasteiger partial charge on any atom is 0.0788 e. The number of likely N-dealkylation sites (N-methyl/N-ethyl adjacent to an activating group) is 1. The van der Waals surface area contributed by atoms with E-state index in [0.717, 1.165) is 38.4 Å². The van der Waals surface area contributed by atoms with Gasteiger partial charge in [0.15, 0.2) is 0 Å². The Kier molecular flexibility index (Phi) is 2.13. The van der Waals surface area contributed by atoms with Crippen molar-refractivity contribution in [2.45, 2.75) is 38.2 Å². The summed E-state index contributed by atoms with van der Waals surface area (Å²) in [5.74, 6) is 0.854. The molecule has 2 nitrogen and oxygen atoms in total. The first-order chi connectivity index (χ1) is 5.72. The number of nitrogens with zero attached hydrogens (tertiary/aromatic N) is 1. The maximum absolute atomic E-state index is 10.2. The van der Waals surface area contributed by atoms with E-state index in [2.05, 4.69) is 11.8 Å². The largest absolute Gasteiger partial charge is 0.388 e. The summed E-state index contributed by atoms with van der Waals surface area (Å²) in [5, 5.41) is 10.2. The van der Waals surface area contributed by atoms with Crippen LogP contribution in [0.3, 0.4) is 0 Å². The Labute approximate surface area is 74.6 Å². The van der Waals surface area contributed by atoms with E-state index in [9.17, 15) is 5.11 Å². The Hall–Kier alpha value is -0.0800. The van der Waals surface area contributed by atoms with Crippen LogP contribution in [0.5, 0.6) is 0 Å². The van der Waals surface area contributed by atoms with Crippen LogP contribution < -0.4 is 0 Å². The molecule has 2 rings (SSSR count). The zero-order chi connectivity index (χ0) is 8.60. The van der Waals surface area contributed by atoms with Gasteiger partial charge in [-0.1, -0.05) is 19.8 Å². The zero-order valence-corrected chi connectivity index (χ0v) is 7.92. The lowest BCUT2D eigenvalue weighted by Crippen LogP contribution is -2.33. The number of likely N-dealkylation sites (tertiary alicyclic amines) is 1. The highest BCUT2D eigenvalue weighted by atomic mass is 16.3. The van der Waals surface area contributed by atoms with Gasteiger partial charge in [-0.2, -0.15) is 0 Å². The number of rotatable bonds is 3. The molecule has 0 spiro atoms. The van der Waals surface area contributed by atoms with E-state index in [1.165, 1.54) is 12.8 Å². The van der Waals surface area contributed by atoms with E-state index in [0.29, 0.717) is 0 Å². The van der Waals surface area contributed by atoms with E-state index < -0.39 is 0 Å². The summed E-state index contributed by atoms with van der Waals surface area (Å²) in [5.41, 5.74) is -0.322. The Morgan fingerprint density at radius 1 is 1.50 bits per heavy atom. The predicted octanol–water partition coefficient (Wildman–Crippen LogP) is 1.24. The lowest BCUT2D eigenvalue weighted by Gasteiger charge is -2.22. The fraction of sp³-hybridized carbons (Fsp3) is 1.00. The Morgan fingerprint density at radius 2 is 2.25 bits per heavy atom. The summed E-state index contributed by atoms with van der Waals surface area (Å²) >= 11 is 0. The Balaban J connectivity index is 1.85.